The highest BCUT2D eigenvalue weighted by Gasteiger charge is 2.27. The fourth-order valence-corrected chi connectivity index (χ4v) is 1.51. The molecular formula is C12H24F3NO. The van der Waals surface area contributed by atoms with E-state index >= 15 is 0 Å². The maximum absolute atomic E-state index is 11.8. The number of halogens is 3. The number of nitrogens with one attached hydrogen (secondary N) is 1. The van der Waals surface area contributed by atoms with E-state index < -0.39 is 12.8 Å². The normalized spacial score (nSPS) is 14.3. The molecule has 17 heavy (non-hydrogen) atoms. The second-order valence-corrected chi connectivity index (χ2v) is 4.65. The second-order valence-electron chi connectivity index (χ2n) is 4.65. The highest BCUT2D eigenvalue weighted by Crippen LogP contribution is 2.15. The van der Waals surface area contributed by atoms with E-state index in [1.807, 2.05) is 0 Å². The van der Waals surface area contributed by atoms with E-state index in [-0.39, 0.29) is 6.61 Å². The minimum atomic E-state index is -4.21. The van der Waals surface area contributed by atoms with Crippen molar-refractivity contribution in [1.29, 1.82) is 0 Å². The van der Waals surface area contributed by atoms with Gasteiger partial charge in [-0.1, -0.05) is 27.2 Å². The molecule has 0 rings (SSSR count). The van der Waals surface area contributed by atoms with Crippen molar-refractivity contribution in [2.75, 3.05) is 19.8 Å². The van der Waals surface area contributed by atoms with Crippen molar-refractivity contribution in [2.24, 2.45) is 5.92 Å². The summed E-state index contributed by atoms with van der Waals surface area (Å²) in [6.07, 6.45) is -1.56. The maximum Gasteiger partial charge on any atom is 0.411 e. The molecular weight excluding hydrogens is 231 g/mol. The zero-order valence-electron chi connectivity index (χ0n) is 10.9. The molecule has 0 saturated heterocycles. The van der Waals surface area contributed by atoms with Gasteiger partial charge in [0.15, 0.2) is 0 Å². The molecule has 0 aromatic carbocycles. The van der Waals surface area contributed by atoms with E-state index in [4.69, 9.17) is 0 Å². The molecule has 2 nitrogen and oxygen atoms in total. The van der Waals surface area contributed by atoms with Gasteiger partial charge >= 0.3 is 6.18 Å². The number of hydrogen-bond donors (Lipinski definition) is 1. The molecule has 0 aliphatic carbocycles. The van der Waals surface area contributed by atoms with Crippen molar-refractivity contribution in [1.82, 2.24) is 5.32 Å². The van der Waals surface area contributed by atoms with Crippen LogP contribution in [0.15, 0.2) is 0 Å². The van der Waals surface area contributed by atoms with E-state index in [0.29, 0.717) is 18.4 Å². The predicted molar refractivity (Wildman–Crippen MR) is 63.0 cm³/mol. The highest BCUT2D eigenvalue weighted by molar-refractivity contribution is 4.63. The third-order valence-electron chi connectivity index (χ3n) is 2.56. The predicted octanol–water partition coefficient (Wildman–Crippen LogP) is 3.37. The van der Waals surface area contributed by atoms with Crippen LogP contribution in [-0.2, 0) is 4.74 Å². The Bertz CT molecular complexity index is 183. The molecule has 0 aliphatic heterocycles. The first-order chi connectivity index (χ1) is 7.85. The van der Waals surface area contributed by atoms with Crippen LogP contribution >= 0.6 is 0 Å². The highest BCUT2D eigenvalue weighted by atomic mass is 19.4. The van der Waals surface area contributed by atoms with Crippen molar-refractivity contribution in [2.45, 2.75) is 52.3 Å². The lowest BCUT2D eigenvalue weighted by molar-refractivity contribution is -0.174. The largest absolute Gasteiger partial charge is 0.411 e. The van der Waals surface area contributed by atoms with Gasteiger partial charge in [0.2, 0.25) is 0 Å². The van der Waals surface area contributed by atoms with Gasteiger partial charge in [0.25, 0.3) is 0 Å². The van der Waals surface area contributed by atoms with Crippen molar-refractivity contribution < 1.29 is 17.9 Å². The molecule has 0 aromatic rings. The molecule has 0 fully saturated rings. The first kappa shape index (κ1) is 16.7. The topological polar surface area (TPSA) is 21.3 Å². The van der Waals surface area contributed by atoms with Crippen LogP contribution < -0.4 is 5.32 Å². The molecule has 0 aromatic heterocycles. The fourth-order valence-electron chi connectivity index (χ4n) is 1.51. The Morgan fingerprint density at radius 2 is 1.88 bits per heavy atom. The van der Waals surface area contributed by atoms with E-state index in [9.17, 15) is 13.2 Å². The smallest absolute Gasteiger partial charge is 0.372 e. The second kappa shape index (κ2) is 8.75. The van der Waals surface area contributed by atoms with Gasteiger partial charge in [-0.3, -0.25) is 0 Å². The van der Waals surface area contributed by atoms with Gasteiger partial charge in [0, 0.05) is 12.6 Å². The Morgan fingerprint density at radius 1 is 1.24 bits per heavy atom. The lowest BCUT2D eigenvalue weighted by atomic mass is 10.0. The Kier molecular flexibility index (Phi) is 8.60. The third kappa shape index (κ3) is 12.0. The number of hydrogen-bond acceptors (Lipinski definition) is 2. The van der Waals surface area contributed by atoms with Gasteiger partial charge in [0.05, 0.1) is 0 Å². The summed E-state index contributed by atoms with van der Waals surface area (Å²) in [6, 6.07) is 0.450. The third-order valence-corrected chi connectivity index (χ3v) is 2.56. The van der Waals surface area contributed by atoms with Gasteiger partial charge in [0.1, 0.15) is 6.61 Å². The molecule has 0 aliphatic rings. The summed E-state index contributed by atoms with van der Waals surface area (Å²) in [5.74, 6) is 0.520. The summed E-state index contributed by atoms with van der Waals surface area (Å²) < 4.78 is 39.9. The molecule has 0 bridgehead atoms. The molecule has 1 N–H and O–H groups in total. The molecule has 1 atom stereocenters. The van der Waals surface area contributed by atoms with Crippen LogP contribution in [0.3, 0.4) is 0 Å². The summed E-state index contributed by atoms with van der Waals surface area (Å²) in [7, 11) is 0. The average Bonchev–Trinajstić information content (AvgIpc) is 2.20. The summed E-state index contributed by atoms with van der Waals surface area (Å²) in [4.78, 5) is 0. The monoisotopic (exact) mass is 255 g/mol. The van der Waals surface area contributed by atoms with Gasteiger partial charge in [-0.05, 0) is 25.3 Å². The molecule has 1 unspecified atom stereocenters. The van der Waals surface area contributed by atoms with Gasteiger partial charge in [-0.2, -0.15) is 13.2 Å². The minimum Gasteiger partial charge on any atom is -0.372 e. The molecule has 0 radical (unpaired) electrons. The van der Waals surface area contributed by atoms with Crippen molar-refractivity contribution >= 4 is 0 Å². The first-order valence-electron chi connectivity index (χ1n) is 6.23. The van der Waals surface area contributed by atoms with Gasteiger partial charge < -0.3 is 10.1 Å². The van der Waals surface area contributed by atoms with Crippen LogP contribution in [0.25, 0.3) is 0 Å². The van der Waals surface area contributed by atoms with Crippen LogP contribution in [0.2, 0.25) is 0 Å². The molecule has 0 spiro atoms. The van der Waals surface area contributed by atoms with Crippen molar-refractivity contribution in [3.05, 3.63) is 0 Å². The van der Waals surface area contributed by atoms with Gasteiger partial charge in [-0.25, -0.2) is 0 Å². The lowest BCUT2D eigenvalue weighted by Gasteiger charge is -2.17. The first-order valence-corrected chi connectivity index (χ1v) is 6.23. The minimum absolute atomic E-state index is 0.192. The quantitative estimate of drug-likeness (QED) is 0.638. The Morgan fingerprint density at radius 3 is 2.35 bits per heavy atom. The van der Waals surface area contributed by atoms with Crippen molar-refractivity contribution in [3.8, 4) is 0 Å². The lowest BCUT2D eigenvalue weighted by Crippen LogP contribution is -2.29. The maximum atomic E-state index is 11.8. The SMILES string of the molecule is CCC(CCCOCC(F)(F)F)CNC(C)C. The Labute approximate surface area is 102 Å². The zero-order valence-corrected chi connectivity index (χ0v) is 10.9. The van der Waals surface area contributed by atoms with Crippen LogP contribution in [0, 0.1) is 5.92 Å². The average molecular weight is 255 g/mol. The van der Waals surface area contributed by atoms with Gasteiger partial charge in [-0.15, -0.1) is 0 Å². The summed E-state index contributed by atoms with van der Waals surface area (Å²) in [6.45, 7) is 6.25. The molecule has 104 valence electrons. The van der Waals surface area contributed by atoms with Crippen LogP contribution in [0.5, 0.6) is 0 Å². The Balaban J connectivity index is 3.50. The van der Waals surface area contributed by atoms with Crippen LogP contribution in [0.4, 0.5) is 13.2 Å². The Hall–Kier alpha value is -0.290. The van der Waals surface area contributed by atoms with Crippen LogP contribution in [0.1, 0.15) is 40.0 Å². The summed E-state index contributed by atoms with van der Waals surface area (Å²) in [5.41, 5.74) is 0. The molecule has 5 heteroatoms. The molecule has 0 saturated carbocycles. The zero-order chi connectivity index (χ0) is 13.3. The molecule has 0 heterocycles. The van der Waals surface area contributed by atoms with E-state index in [1.165, 1.54) is 0 Å². The fraction of sp³-hybridized carbons (Fsp3) is 1.00. The van der Waals surface area contributed by atoms with Crippen molar-refractivity contribution in [3.63, 3.8) is 0 Å². The van der Waals surface area contributed by atoms with E-state index in [2.05, 4.69) is 30.8 Å². The summed E-state index contributed by atoms with van der Waals surface area (Å²) >= 11 is 0. The van der Waals surface area contributed by atoms with Crippen LogP contribution in [-0.4, -0.2) is 32.0 Å². The number of ether oxygens (including phenoxy) is 1. The number of alkyl halides is 3. The molecule has 0 amide bonds. The standard InChI is InChI=1S/C12H24F3NO/c1-4-11(8-16-10(2)3)6-5-7-17-9-12(13,14)15/h10-11,16H,4-9H2,1-3H3. The van der Waals surface area contributed by atoms with E-state index in [1.54, 1.807) is 0 Å². The van der Waals surface area contributed by atoms with E-state index in [0.717, 1.165) is 19.4 Å². The number of rotatable bonds is 9. The summed E-state index contributed by atoms with van der Waals surface area (Å²) in [5, 5.41) is 3.34.